The van der Waals surface area contributed by atoms with E-state index >= 15 is 0 Å². The van der Waals surface area contributed by atoms with Crippen molar-refractivity contribution in [2.75, 3.05) is 18.5 Å². The molecule has 31 heavy (non-hydrogen) atoms. The van der Waals surface area contributed by atoms with Crippen LogP contribution in [0.15, 0.2) is 35.7 Å². The van der Waals surface area contributed by atoms with Crippen LogP contribution in [0, 0.1) is 0 Å². The van der Waals surface area contributed by atoms with Gasteiger partial charge in [-0.3, -0.25) is 9.69 Å². The average Bonchev–Trinajstić information content (AvgIpc) is 3.42. The minimum Gasteiger partial charge on any atom is -0.445 e. The Balaban J connectivity index is 1.33. The van der Waals surface area contributed by atoms with Crippen LogP contribution in [-0.2, 0) is 20.9 Å². The molecule has 0 radical (unpaired) electrons. The maximum Gasteiger partial charge on any atom is 0.410 e. The number of nitrogens with one attached hydrogen (secondary N) is 1. The number of aromatic nitrogens is 1. The lowest BCUT2D eigenvalue weighted by molar-refractivity contribution is -0.120. The summed E-state index contributed by atoms with van der Waals surface area (Å²) in [5.74, 6) is 0.129. The molecule has 1 N–H and O–H groups in total. The third-order valence-corrected chi connectivity index (χ3v) is 6.64. The molecule has 4 rings (SSSR count). The van der Waals surface area contributed by atoms with Crippen molar-refractivity contribution < 1.29 is 19.1 Å². The van der Waals surface area contributed by atoms with Gasteiger partial charge in [-0.15, -0.1) is 11.3 Å². The summed E-state index contributed by atoms with van der Waals surface area (Å²) < 4.78 is 11.2. The molecule has 2 aliphatic heterocycles. The van der Waals surface area contributed by atoms with Crippen molar-refractivity contribution in [2.24, 2.45) is 0 Å². The van der Waals surface area contributed by atoms with E-state index in [4.69, 9.17) is 9.47 Å². The van der Waals surface area contributed by atoms with Crippen molar-refractivity contribution in [3.63, 3.8) is 0 Å². The van der Waals surface area contributed by atoms with E-state index in [9.17, 15) is 9.59 Å². The van der Waals surface area contributed by atoms with Gasteiger partial charge in [0.1, 0.15) is 12.6 Å². The molecule has 0 saturated carbocycles. The van der Waals surface area contributed by atoms with E-state index < -0.39 is 12.1 Å². The van der Waals surface area contributed by atoms with Crippen LogP contribution < -0.4 is 5.32 Å². The Morgan fingerprint density at radius 2 is 2.10 bits per heavy atom. The summed E-state index contributed by atoms with van der Waals surface area (Å²) in [4.78, 5) is 31.6. The molecule has 2 fully saturated rings. The van der Waals surface area contributed by atoms with Crippen LogP contribution in [0.2, 0.25) is 0 Å². The monoisotopic (exact) mass is 443 g/mol. The highest BCUT2D eigenvalue weighted by atomic mass is 32.1. The minimum atomic E-state index is -0.530. The van der Waals surface area contributed by atoms with E-state index in [0.717, 1.165) is 37.1 Å². The van der Waals surface area contributed by atoms with E-state index in [1.165, 1.54) is 16.2 Å². The van der Waals surface area contributed by atoms with Crippen LogP contribution in [0.4, 0.5) is 9.93 Å². The Labute approximate surface area is 186 Å². The molecule has 2 amide bonds. The van der Waals surface area contributed by atoms with Gasteiger partial charge in [-0.05, 0) is 45.1 Å². The van der Waals surface area contributed by atoms with Gasteiger partial charge < -0.3 is 14.8 Å². The molecule has 0 aliphatic carbocycles. The number of hydrogen-bond donors (Lipinski definition) is 1. The molecule has 166 valence electrons. The Morgan fingerprint density at radius 3 is 2.87 bits per heavy atom. The van der Waals surface area contributed by atoms with Crippen LogP contribution in [0.25, 0.3) is 0 Å². The number of hydrogen-bond acceptors (Lipinski definition) is 6. The SMILES string of the molecule is CC1(C)CC(c2csc(NC(=O)C3CCCN3C(=O)OCc3ccccc3)n2)CCO1. The van der Waals surface area contributed by atoms with Crippen LogP contribution in [-0.4, -0.2) is 46.7 Å². The summed E-state index contributed by atoms with van der Waals surface area (Å²) in [5.41, 5.74) is 1.77. The highest BCUT2D eigenvalue weighted by Crippen LogP contribution is 2.36. The fourth-order valence-corrected chi connectivity index (χ4v) is 5.06. The summed E-state index contributed by atoms with van der Waals surface area (Å²) in [7, 11) is 0. The third kappa shape index (κ3) is 5.43. The molecule has 2 aliphatic rings. The normalized spacial score (nSPS) is 22.8. The minimum absolute atomic E-state index is 0.152. The topological polar surface area (TPSA) is 80.8 Å². The van der Waals surface area contributed by atoms with Gasteiger partial charge in [0.15, 0.2) is 5.13 Å². The van der Waals surface area contributed by atoms with Crippen LogP contribution in [0.1, 0.15) is 56.7 Å². The van der Waals surface area contributed by atoms with Crippen molar-refractivity contribution in [3.05, 3.63) is 47.0 Å². The van der Waals surface area contributed by atoms with E-state index in [2.05, 4.69) is 24.1 Å². The summed E-state index contributed by atoms with van der Waals surface area (Å²) in [5, 5.41) is 5.50. The average molecular weight is 444 g/mol. The molecule has 2 aromatic rings. The highest BCUT2D eigenvalue weighted by Gasteiger charge is 2.36. The lowest BCUT2D eigenvalue weighted by Crippen LogP contribution is -2.43. The molecule has 8 heteroatoms. The number of carbonyl (C=O) groups is 2. The number of thiazole rings is 1. The first-order valence-corrected chi connectivity index (χ1v) is 11.7. The summed E-state index contributed by atoms with van der Waals surface area (Å²) in [6.45, 7) is 5.63. The van der Waals surface area contributed by atoms with Gasteiger partial charge in [-0.1, -0.05) is 30.3 Å². The van der Waals surface area contributed by atoms with Gasteiger partial charge in [-0.2, -0.15) is 0 Å². The van der Waals surface area contributed by atoms with Gasteiger partial charge in [-0.25, -0.2) is 9.78 Å². The van der Waals surface area contributed by atoms with E-state index in [-0.39, 0.29) is 18.1 Å². The lowest BCUT2D eigenvalue weighted by Gasteiger charge is -2.34. The van der Waals surface area contributed by atoms with Gasteiger partial charge in [0.25, 0.3) is 0 Å². The van der Waals surface area contributed by atoms with Crippen molar-refractivity contribution in [1.29, 1.82) is 0 Å². The van der Waals surface area contributed by atoms with Gasteiger partial charge in [0.05, 0.1) is 11.3 Å². The number of rotatable bonds is 5. The number of amides is 2. The highest BCUT2D eigenvalue weighted by molar-refractivity contribution is 7.13. The number of likely N-dealkylation sites (tertiary alicyclic amines) is 1. The number of anilines is 1. The third-order valence-electron chi connectivity index (χ3n) is 5.86. The Morgan fingerprint density at radius 1 is 1.29 bits per heavy atom. The van der Waals surface area contributed by atoms with Crippen molar-refractivity contribution in [1.82, 2.24) is 9.88 Å². The summed E-state index contributed by atoms with van der Waals surface area (Å²) in [6.07, 6.45) is 2.79. The fraction of sp³-hybridized carbons (Fsp3) is 0.522. The Hall–Kier alpha value is -2.45. The quantitative estimate of drug-likeness (QED) is 0.733. The lowest BCUT2D eigenvalue weighted by atomic mass is 9.87. The van der Waals surface area contributed by atoms with Crippen LogP contribution in [0.3, 0.4) is 0 Å². The predicted molar refractivity (Wildman–Crippen MR) is 119 cm³/mol. The first kappa shape index (κ1) is 21.8. The zero-order valence-electron chi connectivity index (χ0n) is 18.0. The van der Waals surface area contributed by atoms with E-state index in [1.807, 2.05) is 35.7 Å². The van der Waals surface area contributed by atoms with Crippen molar-refractivity contribution in [3.8, 4) is 0 Å². The second-order valence-electron chi connectivity index (χ2n) is 8.76. The molecule has 2 unspecified atom stereocenters. The largest absolute Gasteiger partial charge is 0.445 e. The van der Waals surface area contributed by atoms with Gasteiger partial charge in [0.2, 0.25) is 5.91 Å². The van der Waals surface area contributed by atoms with E-state index in [0.29, 0.717) is 24.0 Å². The summed E-state index contributed by atoms with van der Waals surface area (Å²) in [6, 6.07) is 9.00. The number of carbonyl (C=O) groups excluding carboxylic acids is 2. The Bertz CT molecular complexity index is 915. The molecule has 7 nitrogen and oxygen atoms in total. The van der Waals surface area contributed by atoms with Crippen molar-refractivity contribution >= 4 is 28.5 Å². The number of nitrogens with zero attached hydrogens (tertiary/aromatic N) is 2. The fourth-order valence-electron chi connectivity index (χ4n) is 4.26. The van der Waals surface area contributed by atoms with Crippen molar-refractivity contribution in [2.45, 2.75) is 63.7 Å². The molecule has 1 aromatic carbocycles. The number of ether oxygens (including phenoxy) is 2. The first-order valence-electron chi connectivity index (χ1n) is 10.8. The molecule has 2 saturated heterocycles. The molecular weight excluding hydrogens is 414 g/mol. The second kappa shape index (κ2) is 9.36. The molecule has 1 aromatic heterocycles. The van der Waals surface area contributed by atoms with Gasteiger partial charge >= 0.3 is 6.09 Å². The smallest absolute Gasteiger partial charge is 0.410 e. The predicted octanol–water partition coefficient (Wildman–Crippen LogP) is 4.56. The first-order chi connectivity index (χ1) is 14.9. The maximum atomic E-state index is 12.9. The molecule has 3 heterocycles. The number of benzene rings is 1. The van der Waals surface area contributed by atoms with Gasteiger partial charge in [0, 0.05) is 24.4 Å². The summed E-state index contributed by atoms with van der Waals surface area (Å²) >= 11 is 1.43. The van der Waals surface area contributed by atoms with E-state index in [1.54, 1.807) is 0 Å². The maximum absolute atomic E-state index is 12.9. The van der Waals surface area contributed by atoms with Crippen LogP contribution in [0.5, 0.6) is 0 Å². The Kier molecular flexibility index (Phi) is 6.57. The molecular formula is C23H29N3O4S. The molecule has 0 bridgehead atoms. The standard InChI is InChI=1S/C23H29N3O4S/c1-23(2)13-17(10-12-30-23)18-15-31-21(24-18)25-20(27)19-9-6-11-26(19)22(28)29-14-16-7-4-3-5-8-16/h3-5,7-8,15,17,19H,6,9-14H2,1-2H3,(H,24,25,27). The second-order valence-corrected chi connectivity index (χ2v) is 9.61. The zero-order chi connectivity index (χ0) is 21.8. The zero-order valence-corrected chi connectivity index (χ0v) is 18.8. The molecule has 0 spiro atoms. The molecule has 2 atom stereocenters. The van der Waals surface area contributed by atoms with Crippen LogP contribution >= 0.6 is 11.3 Å².